The van der Waals surface area contributed by atoms with E-state index in [-0.39, 0.29) is 17.6 Å². The number of nitrogens with two attached hydrogens (primary N) is 1. The van der Waals surface area contributed by atoms with Crippen molar-refractivity contribution in [1.82, 2.24) is 15.1 Å². The summed E-state index contributed by atoms with van der Waals surface area (Å²) in [4.78, 5) is 25.6. The number of aromatic nitrogens is 2. The van der Waals surface area contributed by atoms with Crippen LogP contribution in [0.4, 0.5) is 5.69 Å². The van der Waals surface area contributed by atoms with Gasteiger partial charge in [-0.1, -0.05) is 0 Å². The molecule has 1 saturated heterocycles. The summed E-state index contributed by atoms with van der Waals surface area (Å²) in [5.41, 5.74) is 6.96. The summed E-state index contributed by atoms with van der Waals surface area (Å²) < 4.78 is 4.75. The molecule has 0 aromatic carbocycles. The molecule has 2 heterocycles. The summed E-state index contributed by atoms with van der Waals surface area (Å²) in [6.45, 7) is 2.26. The van der Waals surface area contributed by atoms with E-state index in [1.165, 1.54) is 12.0 Å². The van der Waals surface area contributed by atoms with Crippen molar-refractivity contribution in [3.05, 3.63) is 11.4 Å². The number of nitrogen functional groups attached to an aromatic ring is 1. The molecule has 1 fully saturated rings. The van der Waals surface area contributed by atoms with Gasteiger partial charge in [0.1, 0.15) is 6.04 Å². The monoisotopic (exact) mass is 266 g/mol. The Kier molecular flexibility index (Phi) is 3.73. The van der Waals surface area contributed by atoms with Crippen LogP contribution in [0.1, 0.15) is 35.4 Å². The highest BCUT2D eigenvalue weighted by molar-refractivity contribution is 5.99. The molecule has 104 valence electrons. The zero-order valence-electron chi connectivity index (χ0n) is 11.1. The lowest BCUT2D eigenvalue weighted by atomic mass is 10.0. The maximum atomic E-state index is 12.4. The van der Waals surface area contributed by atoms with Crippen LogP contribution >= 0.6 is 0 Å². The molecule has 0 saturated carbocycles. The molecular weight excluding hydrogens is 248 g/mol. The summed E-state index contributed by atoms with van der Waals surface area (Å²) in [6, 6.07) is -0.539. The van der Waals surface area contributed by atoms with Crippen molar-refractivity contribution in [2.45, 2.75) is 32.2 Å². The molecule has 1 amide bonds. The highest BCUT2D eigenvalue weighted by Crippen LogP contribution is 2.22. The van der Waals surface area contributed by atoms with E-state index in [4.69, 9.17) is 10.5 Å². The van der Waals surface area contributed by atoms with Crippen molar-refractivity contribution in [3.63, 3.8) is 0 Å². The zero-order chi connectivity index (χ0) is 14.0. The number of amides is 1. The number of likely N-dealkylation sites (tertiary alicyclic amines) is 1. The van der Waals surface area contributed by atoms with E-state index < -0.39 is 6.04 Å². The number of ether oxygens (including phenoxy) is 1. The number of aromatic amines is 1. The van der Waals surface area contributed by atoms with Crippen LogP contribution in [0.5, 0.6) is 0 Å². The number of aryl methyl sites for hydroxylation is 1. The molecule has 2 rings (SSSR count). The predicted octanol–water partition coefficient (Wildman–Crippen LogP) is 0.468. The average molecular weight is 266 g/mol. The number of hydrogen-bond donors (Lipinski definition) is 2. The van der Waals surface area contributed by atoms with Crippen LogP contribution in [0.2, 0.25) is 0 Å². The number of hydrogen-bond acceptors (Lipinski definition) is 5. The lowest BCUT2D eigenvalue weighted by molar-refractivity contribution is -0.147. The van der Waals surface area contributed by atoms with Gasteiger partial charge in [0, 0.05) is 6.54 Å². The number of nitrogens with zero attached hydrogens (tertiary/aromatic N) is 2. The maximum Gasteiger partial charge on any atom is 0.328 e. The highest BCUT2D eigenvalue weighted by atomic mass is 16.5. The fourth-order valence-corrected chi connectivity index (χ4v) is 2.29. The number of carbonyl (C=O) groups excluding carboxylic acids is 2. The Bertz CT molecular complexity index is 497. The number of carbonyl (C=O) groups is 2. The summed E-state index contributed by atoms with van der Waals surface area (Å²) >= 11 is 0. The molecule has 7 nitrogen and oxygen atoms in total. The smallest absolute Gasteiger partial charge is 0.328 e. The van der Waals surface area contributed by atoms with E-state index in [0.717, 1.165) is 12.8 Å². The third kappa shape index (κ3) is 2.40. The minimum absolute atomic E-state index is 0.174. The molecule has 1 aliphatic heterocycles. The number of rotatable bonds is 2. The molecule has 1 aromatic rings. The molecule has 0 bridgehead atoms. The summed E-state index contributed by atoms with van der Waals surface area (Å²) in [6.07, 6.45) is 2.38. The van der Waals surface area contributed by atoms with Crippen molar-refractivity contribution in [3.8, 4) is 0 Å². The minimum atomic E-state index is -0.539. The number of H-pyrrole nitrogens is 1. The van der Waals surface area contributed by atoms with Gasteiger partial charge >= 0.3 is 5.97 Å². The second kappa shape index (κ2) is 5.29. The lowest BCUT2D eigenvalue weighted by Crippen LogP contribution is -2.48. The first-order valence-corrected chi connectivity index (χ1v) is 6.25. The molecule has 1 unspecified atom stereocenters. The molecule has 1 aliphatic rings. The quantitative estimate of drug-likeness (QED) is 0.758. The van der Waals surface area contributed by atoms with Gasteiger partial charge in [0.05, 0.1) is 18.5 Å². The zero-order valence-corrected chi connectivity index (χ0v) is 11.1. The molecule has 0 spiro atoms. The van der Waals surface area contributed by atoms with Gasteiger partial charge in [0.25, 0.3) is 5.91 Å². The standard InChI is InChI=1S/C12H18N4O3/c1-7-9(13)10(15-14-7)11(17)16-6-4-3-5-8(16)12(18)19-2/h8H,3-6,13H2,1-2H3,(H,14,15). The van der Waals surface area contributed by atoms with Crippen LogP contribution in [0.25, 0.3) is 0 Å². The van der Waals surface area contributed by atoms with Crippen LogP contribution in [0, 0.1) is 6.92 Å². The number of nitrogens with one attached hydrogen (secondary N) is 1. The Morgan fingerprint density at radius 2 is 2.21 bits per heavy atom. The molecule has 1 aromatic heterocycles. The van der Waals surface area contributed by atoms with Crippen molar-refractivity contribution in [1.29, 1.82) is 0 Å². The van der Waals surface area contributed by atoms with Crippen LogP contribution < -0.4 is 5.73 Å². The summed E-state index contributed by atoms with van der Waals surface area (Å²) in [5.74, 6) is -0.712. The summed E-state index contributed by atoms with van der Waals surface area (Å²) in [5, 5.41) is 6.59. The van der Waals surface area contributed by atoms with Crippen LogP contribution in [-0.2, 0) is 9.53 Å². The molecule has 19 heavy (non-hydrogen) atoms. The Morgan fingerprint density at radius 1 is 1.47 bits per heavy atom. The topological polar surface area (TPSA) is 101 Å². The number of methoxy groups -OCH3 is 1. The molecule has 0 aliphatic carbocycles. The second-order valence-electron chi connectivity index (χ2n) is 4.64. The van der Waals surface area contributed by atoms with E-state index in [1.54, 1.807) is 6.92 Å². The Labute approximate surface area is 111 Å². The van der Waals surface area contributed by atoms with Crippen LogP contribution in [0.3, 0.4) is 0 Å². The maximum absolute atomic E-state index is 12.4. The second-order valence-corrected chi connectivity index (χ2v) is 4.64. The molecule has 7 heteroatoms. The van der Waals surface area contributed by atoms with Crippen LogP contribution in [0.15, 0.2) is 0 Å². The van der Waals surface area contributed by atoms with E-state index in [9.17, 15) is 9.59 Å². The van der Waals surface area contributed by atoms with Crippen molar-refractivity contribution >= 4 is 17.6 Å². The number of piperidine rings is 1. The van der Waals surface area contributed by atoms with Crippen molar-refractivity contribution < 1.29 is 14.3 Å². The van der Waals surface area contributed by atoms with Gasteiger partial charge in [-0.05, 0) is 26.2 Å². The highest BCUT2D eigenvalue weighted by Gasteiger charge is 2.35. The summed E-state index contributed by atoms with van der Waals surface area (Å²) in [7, 11) is 1.33. The largest absolute Gasteiger partial charge is 0.467 e. The third-order valence-corrected chi connectivity index (χ3v) is 3.43. The third-order valence-electron chi connectivity index (χ3n) is 3.43. The van der Waals surface area contributed by atoms with E-state index in [1.807, 2.05) is 0 Å². The van der Waals surface area contributed by atoms with E-state index in [2.05, 4.69) is 10.2 Å². The van der Waals surface area contributed by atoms with Crippen molar-refractivity contribution in [2.75, 3.05) is 19.4 Å². The van der Waals surface area contributed by atoms with Gasteiger partial charge in [-0.15, -0.1) is 0 Å². The van der Waals surface area contributed by atoms with Gasteiger partial charge in [0.15, 0.2) is 5.69 Å². The molecule has 1 atom stereocenters. The fraction of sp³-hybridized carbons (Fsp3) is 0.583. The van der Waals surface area contributed by atoms with Crippen molar-refractivity contribution in [2.24, 2.45) is 0 Å². The van der Waals surface area contributed by atoms with Gasteiger partial charge in [-0.25, -0.2) is 4.79 Å². The minimum Gasteiger partial charge on any atom is -0.467 e. The Hall–Kier alpha value is -2.05. The molecule has 0 radical (unpaired) electrons. The normalized spacial score (nSPS) is 19.3. The average Bonchev–Trinajstić information content (AvgIpc) is 2.77. The molecular formula is C12H18N4O3. The molecule has 3 N–H and O–H groups in total. The fourth-order valence-electron chi connectivity index (χ4n) is 2.29. The predicted molar refractivity (Wildman–Crippen MR) is 68.4 cm³/mol. The number of esters is 1. The Balaban J connectivity index is 2.25. The first-order chi connectivity index (χ1) is 9.06. The van der Waals surface area contributed by atoms with E-state index in [0.29, 0.717) is 24.3 Å². The van der Waals surface area contributed by atoms with Crippen LogP contribution in [-0.4, -0.2) is 46.7 Å². The van der Waals surface area contributed by atoms with Gasteiger partial charge in [-0.3, -0.25) is 9.89 Å². The van der Waals surface area contributed by atoms with Gasteiger partial charge in [0.2, 0.25) is 0 Å². The first kappa shape index (κ1) is 13.4. The Morgan fingerprint density at radius 3 is 2.79 bits per heavy atom. The number of anilines is 1. The van der Waals surface area contributed by atoms with E-state index >= 15 is 0 Å². The van der Waals surface area contributed by atoms with Gasteiger partial charge in [-0.2, -0.15) is 5.10 Å². The SMILES string of the molecule is COC(=O)C1CCCCN1C(=O)c1n[nH]c(C)c1N. The lowest BCUT2D eigenvalue weighted by Gasteiger charge is -2.33. The van der Waals surface area contributed by atoms with Gasteiger partial charge < -0.3 is 15.4 Å². The first-order valence-electron chi connectivity index (χ1n) is 6.25.